The molecule has 1 N–H and O–H groups in total. The van der Waals surface area contributed by atoms with Gasteiger partial charge in [-0.25, -0.2) is 9.97 Å². The molecular formula is C15H20N4OS. The maximum atomic E-state index is 12.6. The van der Waals surface area contributed by atoms with Gasteiger partial charge in [0.05, 0.1) is 5.69 Å². The number of carbonyl (C=O) groups excluding carboxylic acids is 1. The molecule has 2 aromatic heterocycles. The first-order chi connectivity index (χ1) is 10.1. The number of imidazole rings is 1. The molecule has 0 bridgehead atoms. The minimum Gasteiger partial charge on any atom is -0.348 e. The van der Waals surface area contributed by atoms with E-state index < -0.39 is 0 Å². The first kappa shape index (κ1) is 14.3. The molecule has 1 amide bonds. The van der Waals surface area contributed by atoms with Gasteiger partial charge in [0, 0.05) is 36.8 Å². The fourth-order valence-corrected chi connectivity index (χ4v) is 3.62. The number of aromatic nitrogens is 3. The quantitative estimate of drug-likeness (QED) is 0.948. The fourth-order valence-electron chi connectivity index (χ4n) is 2.67. The van der Waals surface area contributed by atoms with Gasteiger partial charge in [-0.15, -0.1) is 11.3 Å². The van der Waals surface area contributed by atoms with Crippen molar-refractivity contribution >= 4 is 17.2 Å². The summed E-state index contributed by atoms with van der Waals surface area (Å²) in [5, 5.41) is 2.60. The van der Waals surface area contributed by atoms with Crippen molar-refractivity contribution in [3.05, 3.63) is 34.3 Å². The number of aromatic amines is 1. The van der Waals surface area contributed by atoms with Crippen molar-refractivity contribution in [2.24, 2.45) is 0 Å². The molecule has 1 unspecified atom stereocenters. The Morgan fingerprint density at radius 3 is 3.05 bits per heavy atom. The van der Waals surface area contributed by atoms with Crippen LogP contribution in [0.1, 0.15) is 59.8 Å². The third kappa shape index (κ3) is 3.00. The number of amides is 1. The lowest BCUT2D eigenvalue weighted by atomic mass is 9.97. The second-order valence-corrected chi connectivity index (χ2v) is 6.66. The zero-order chi connectivity index (χ0) is 14.8. The van der Waals surface area contributed by atoms with Crippen LogP contribution >= 0.6 is 11.3 Å². The predicted octanol–water partition coefficient (Wildman–Crippen LogP) is 3.01. The van der Waals surface area contributed by atoms with Crippen molar-refractivity contribution in [2.75, 3.05) is 13.1 Å². The molecule has 0 aromatic carbocycles. The van der Waals surface area contributed by atoms with Gasteiger partial charge in [0.1, 0.15) is 5.82 Å². The zero-order valence-corrected chi connectivity index (χ0v) is 13.2. The molecule has 1 aliphatic rings. The van der Waals surface area contributed by atoms with Crippen molar-refractivity contribution in [2.45, 2.75) is 38.5 Å². The summed E-state index contributed by atoms with van der Waals surface area (Å²) in [7, 11) is 0. The number of piperidine rings is 1. The van der Waals surface area contributed by atoms with Crippen LogP contribution in [0.25, 0.3) is 0 Å². The highest BCUT2D eigenvalue weighted by Gasteiger charge is 2.28. The molecule has 112 valence electrons. The molecule has 5 nitrogen and oxygen atoms in total. The first-order valence-electron chi connectivity index (χ1n) is 7.39. The minimum atomic E-state index is 0.0585. The Labute approximate surface area is 128 Å². The number of thiazole rings is 1. The van der Waals surface area contributed by atoms with E-state index in [0.717, 1.165) is 37.4 Å². The van der Waals surface area contributed by atoms with E-state index in [4.69, 9.17) is 0 Å². The number of hydrogen-bond donors (Lipinski definition) is 1. The normalized spacial score (nSPS) is 19.2. The van der Waals surface area contributed by atoms with Crippen LogP contribution < -0.4 is 0 Å². The van der Waals surface area contributed by atoms with Gasteiger partial charge in [0.2, 0.25) is 0 Å². The van der Waals surface area contributed by atoms with Crippen LogP contribution in [0.3, 0.4) is 0 Å². The van der Waals surface area contributed by atoms with Gasteiger partial charge in [-0.3, -0.25) is 4.79 Å². The van der Waals surface area contributed by atoms with Gasteiger partial charge >= 0.3 is 0 Å². The SMILES string of the molecule is CC(C)c1csc(C(=O)N2CCCC(c3ncc[nH]3)C2)n1. The van der Waals surface area contributed by atoms with Gasteiger partial charge < -0.3 is 9.88 Å². The van der Waals surface area contributed by atoms with E-state index in [1.54, 1.807) is 6.20 Å². The standard InChI is InChI=1S/C15H20N4OS/c1-10(2)12-9-21-14(18-12)15(20)19-7-3-4-11(8-19)13-16-5-6-17-13/h5-6,9-11H,3-4,7-8H2,1-2H3,(H,16,17). The Bertz CT molecular complexity index is 605. The van der Waals surface area contributed by atoms with Crippen molar-refractivity contribution in [3.63, 3.8) is 0 Å². The fraction of sp³-hybridized carbons (Fsp3) is 0.533. The molecule has 1 aliphatic heterocycles. The van der Waals surface area contributed by atoms with Crippen LogP contribution in [-0.4, -0.2) is 38.8 Å². The molecular weight excluding hydrogens is 284 g/mol. The second kappa shape index (κ2) is 5.97. The smallest absolute Gasteiger partial charge is 0.282 e. The summed E-state index contributed by atoms with van der Waals surface area (Å²) in [5.74, 6) is 1.71. The molecule has 6 heteroatoms. The van der Waals surface area contributed by atoms with Gasteiger partial charge in [0.15, 0.2) is 5.01 Å². The van der Waals surface area contributed by atoms with Crippen LogP contribution in [0.5, 0.6) is 0 Å². The highest BCUT2D eigenvalue weighted by atomic mass is 32.1. The van der Waals surface area contributed by atoms with E-state index in [0.29, 0.717) is 16.8 Å². The summed E-state index contributed by atoms with van der Waals surface area (Å²) in [6.07, 6.45) is 5.70. The molecule has 0 saturated carbocycles. The predicted molar refractivity (Wildman–Crippen MR) is 82.7 cm³/mol. The highest BCUT2D eigenvalue weighted by Crippen LogP contribution is 2.26. The third-order valence-electron chi connectivity index (χ3n) is 3.91. The van der Waals surface area contributed by atoms with Gasteiger partial charge in [-0.2, -0.15) is 0 Å². The molecule has 0 aliphatic carbocycles. The van der Waals surface area contributed by atoms with Crippen molar-refractivity contribution in [1.82, 2.24) is 19.9 Å². The Morgan fingerprint density at radius 1 is 1.52 bits per heavy atom. The molecule has 2 aromatic rings. The molecule has 1 fully saturated rings. The summed E-state index contributed by atoms with van der Waals surface area (Å²) >= 11 is 1.45. The van der Waals surface area contributed by atoms with Crippen LogP contribution in [-0.2, 0) is 0 Å². The maximum Gasteiger partial charge on any atom is 0.282 e. The Hall–Kier alpha value is -1.69. The second-order valence-electron chi connectivity index (χ2n) is 5.80. The third-order valence-corrected chi connectivity index (χ3v) is 4.76. The summed E-state index contributed by atoms with van der Waals surface area (Å²) < 4.78 is 0. The minimum absolute atomic E-state index is 0.0585. The summed E-state index contributed by atoms with van der Waals surface area (Å²) in [6.45, 7) is 5.73. The number of nitrogens with one attached hydrogen (secondary N) is 1. The molecule has 21 heavy (non-hydrogen) atoms. The lowest BCUT2D eigenvalue weighted by Crippen LogP contribution is -2.39. The van der Waals surface area contributed by atoms with Crippen LogP contribution in [0.15, 0.2) is 17.8 Å². The van der Waals surface area contributed by atoms with E-state index in [1.165, 1.54) is 11.3 Å². The molecule has 3 rings (SSSR count). The largest absolute Gasteiger partial charge is 0.348 e. The molecule has 1 saturated heterocycles. The average Bonchev–Trinajstić information content (AvgIpc) is 3.18. The molecule has 0 radical (unpaired) electrons. The van der Waals surface area contributed by atoms with E-state index in [9.17, 15) is 4.79 Å². The van der Waals surface area contributed by atoms with E-state index in [2.05, 4.69) is 28.8 Å². The van der Waals surface area contributed by atoms with Gasteiger partial charge in [-0.1, -0.05) is 13.8 Å². The molecule has 3 heterocycles. The van der Waals surface area contributed by atoms with Gasteiger partial charge in [0.25, 0.3) is 5.91 Å². The summed E-state index contributed by atoms with van der Waals surface area (Å²) in [6, 6.07) is 0. The Kier molecular flexibility index (Phi) is 4.05. The van der Waals surface area contributed by atoms with Crippen molar-refractivity contribution < 1.29 is 4.79 Å². The number of H-pyrrole nitrogens is 1. The van der Waals surface area contributed by atoms with E-state index in [-0.39, 0.29) is 5.91 Å². The van der Waals surface area contributed by atoms with Gasteiger partial charge in [-0.05, 0) is 18.8 Å². The summed E-state index contributed by atoms with van der Waals surface area (Å²) in [5.41, 5.74) is 1.00. The Morgan fingerprint density at radius 2 is 2.38 bits per heavy atom. The number of carbonyl (C=O) groups is 1. The van der Waals surface area contributed by atoms with Crippen LogP contribution in [0.4, 0.5) is 0 Å². The van der Waals surface area contributed by atoms with Crippen LogP contribution in [0, 0.1) is 0 Å². The molecule has 1 atom stereocenters. The highest BCUT2D eigenvalue weighted by molar-refractivity contribution is 7.11. The number of likely N-dealkylation sites (tertiary alicyclic amines) is 1. The van der Waals surface area contributed by atoms with E-state index in [1.807, 2.05) is 16.5 Å². The van der Waals surface area contributed by atoms with Crippen LogP contribution in [0.2, 0.25) is 0 Å². The monoisotopic (exact) mass is 304 g/mol. The topological polar surface area (TPSA) is 61.9 Å². The number of hydrogen-bond acceptors (Lipinski definition) is 4. The maximum absolute atomic E-state index is 12.6. The zero-order valence-electron chi connectivity index (χ0n) is 12.4. The lowest BCUT2D eigenvalue weighted by Gasteiger charge is -2.31. The molecule has 0 spiro atoms. The summed E-state index contributed by atoms with van der Waals surface area (Å²) in [4.78, 5) is 26.5. The van der Waals surface area contributed by atoms with Crippen molar-refractivity contribution in [1.29, 1.82) is 0 Å². The lowest BCUT2D eigenvalue weighted by molar-refractivity contribution is 0.0704. The Balaban J connectivity index is 1.71. The van der Waals surface area contributed by atoms with Crippen molar-refractivity contribution in [3.8, 4) is 0 Å². The van der Waals surface area contributed by atoms with E-state index >= 15 is 0 Å². The average molecular weight is 304 g/mol. The number of nitrogens with zero attached hydrogens (tertiary/aromatic N) is 3. The number of rotatable bonds is 3. The first-order valence-corrected chi connectivity index (χ1v) is 8.27.